The van der Waals surface area contributed by atoms with Gasteiger partial charge in [0.2, 0.25) is 5.91 Å². The average molecular weight is 399 g/mol. The number of amides is 2. The van der Waals surface area contributed by atoms with E-state index < -0.39 is 35.3 Å². The second-order valence-corrected chi connectivity index (χ2v) is 8.01. The van der Waals surface area contributed by atoms with Crippen LogP contribution in [0.3, 0.4) is 0 Å². The summed E-state index contributed by atoms with van der Waals surface area (Å²) in [4.78, 5) is 25.2. The number of carbonyl (C=O) groups is 2. The smallest absolute Gasteiger partial charge is 0.416 e. The van der Waals surface area contributed by atoms with Gasteiger partial charge in [-0.25, -0.2) is 4.79 Å². The number of hydrogen-bond acceptors (Lipinski definition) is 4. The maximum Gasteiger partial charge on any atom is 0.416 e. The third-order valence-electron chi connectivity index (χ3n) is 4.60. The largest absolute Gasteiger partial charge is 0.465 e. The average Bonchev–Trinajstić information content (AvgIpc) is 3.24. The number of alkyl halides is 3. The zero-order valence-electron chi connectivity index (χ0n) is 14.0. The van der Waals surface area contributed by atoms with Crippen LogP contribution in [0.2, 0.25) is 0 Å². The third-order valence-corrected chi connectivity index (χ3v) is 5.80. The van der Waals surface area contributed by atoms with Gasteiger partial charge >= 0.3 is 12.3 Å². The molecule has 1 aliphatic heterocycles. The van der Waals surface area contributed by atoms with Crippen molar-refractivity contribution in [1.29, 1.82) is 5.26 Å². The molecule has 1 heterocycles. The zero-order chi connectivity index (χ0) is 19.8. The first-order valence-corrected chi connectivity index (χ1v) is 9.08. The summed E-state index contributed by atoms with van der Waals surface area (Å²) in [6, 6.07) is 5.85. The van der Waals surface area contributed by atoms with Gasteiger partial charge in [-0.1, -0.05) is 6.07 Å². The molecule has 3 rings (SSSR count). The first-order valence-electron chi connectivity index (χ1n) is 8.20. The van der Waals surface area contributed by atoms with Crippen LogP contribution < -0.4 is 5.32 Å². The molecular weight excluding hydrogens is 383 g/mol. The van der Waals surface area contributed by atoms with Crippen molar-refractivity contribution < 1.29 is 27.9 Å². The molecule has 2 aliphatic rings. The second-order valence-electron chi connectivity index (χ2n) is 6.64. The lowest BCUT2D eigenvalue weighted by Gasteiger charge is -2.21. The number of benzene rings is 1. The van der Waals surface area contributed by atoms with Crippen LogP contribution in [-0.4, -0.2) is 45.4 Å². The van der Waals surface area contributed by atoms with Gasteiger partial charge in [0, 0.05) is 16.7 Å². The number of rotatable bonds is 4. The Morgan fingerprint density at radius 1 is 1.37 bits per heavy atom. The molecule has 0 bridgehead atoms. The van der Waals surface area contributed by atoms with Crippen molar-refractivity contribution in [1.82, 2.24) is 10.2 Å². The van der Waals surface area contributed by atoms with Crippen molar-refractivity contribution in [3.8, 4) is 6.07 Å². The van der Waals surface area contributed by atoms with Gasteiger partial charge in [0.25, 0.3) is 0 Å². The predicted octanol–water partition coefficient (Wildman–Crippen LogP) is 3.09. The van der Waals surface area contributed by atoms with Crippen LogP contribution in [0.25, 0.3) is 0 Å². The highest BCUT2D eigenvalue weighted by Gasteiger charge is 2.48. The molecular formula is C17H16F3N3O3S. The molecule has 2 unspecified atom stereocenters. The third kappa shape index (κ3) is 4.30. The highest BCUT2D eigenvalue weighted by molar-refractivity contribution is 8.00. The van der Waals surface area contributed by atoms with E-state index in [0.29, 0.717) is 17.7 Å². The van der Waals surface area contributed by atoms with E-state index in [4.69, 9.17) is 5.26 Å². The Kier molecular flexibility index (Phi) is 4.99. The number of nitriles is 1. The summed E-state index contributed by atoms with van der Waals surface area (Å²) in [5.74, 6) is -0.538. The Labute approximate surface area is 157 Å². The minimum absolute atomic E-state index is 0.0217. The number of nitrogens with one attached hydrogen (secondary N) is 1. The second kappa shape index (κ2) is 6.96. The van der Waals surface area contributed by atoms with E-state index in [2.05, 4.69) is 5.32 Å². The number of carbonyl (C=O) groups excluding carboxylic acids is 1. The fourth-order valence-electron chi connectivity index (χ4n) is 2.99. The van der Waals surface area contributed by atoms with Gasteiger partial charge in [-0.3, -0.25) is 9.69 Å². The molecule has 0 aromatic heterocycles. The molecule has 2 fully saturated rings. The number of hydrogen-bond donors (Lipinski definition) is 2. The van der Waals surface area contributed by atoms with Gasteiger partial charge in [-0.15, -0.1) is 11.8 Å². The van der Waals surface area contributed by atoms with Gasteiger partial charge in [0.05, 0.1) is 11.6 Å². The van der Waals surface area contributed by atoms with E-state index in [1.807, 2.05) is 6.07 Å². The Balaban J connectivity index is 1.70. The summed E-state index contributed by atoms with van der Waals surface area (Å²) in [6.45, 7) is 0.0217. The summed E-state index contributed by atoms with van der Waals surface area (Å²) < 4.78 is 38.5. The molecule has 6 nitrogen and oxygen atoms in total. The molecule has 0 radical (unpaired) electrons. The molecule has 2 N–H and O–H groups in total. The topological polar surface area (TPSA) is 93.4 Å². The fraction of sp³-hybridized carbons (Fsp3) is 0.471. The van der Waals surface area contributed by atoms with Gasteiger partial charge in [0.1, 0.15) is 11.6 Å². The van der Waals surface area contributed by atoms with Crippen molar-refractivity contribution in [2.45, 2.75) is 47.2 Å². The van der Waals surface area contributed by atoms with Crippen LogP contribution >= 0.6 is 11.8 Å². The van der Waals surface area contributed by atoms with E-state index in [1.54, 1.807) is 0 Å². The fourth-order valence-corrected chi connectivity index (χ4v) is 4.24. The summed E-state index contributed by atoms with van der Waals surface area (Å²) in [5, 5.41) is 20.7. The number of nitrogens with zero attached hydrogens (tertiary/aromatic N) is 2. The van der Waals surface area contributed by atoms with Crippen molar-refractivity contribution in [2.75, 3.05) is 6.54 Å². The van der Waals surface area contributed by atoms with E-state index >= 15 is 0 Å². The quantitative estimate of drug-likeness (QED) is 0.812. The number of likely N-dealkylation sites (tertiary alicyclic amines) is 1. The van der Waals surface area contributed by atoms with E-state index in [-0.39, 0.29) is 18.2 Å². The molecule has 1 aromatic rings. The van der Waals surface area contributed by atoms with Crippen LogP contribution in [0.5, 0.6) is 0 Å². The maximum atomic E-state index is 12.8. The standard InChI is InChI=1S/C17H16F3N3O3S/c18-17(19,20)10-2-1-3-11(6-10)27-12-7-13(23(8-12)15(25)26)14(24)22-16(9-21)4-5-16/h1-3,6,12-13H,4-5,7-8H2,(H,22,24)(H,25,26). The van der Waals surface area contributed by atoms with Crippen LogP contribution in [0, 0.1) is 11.3 Å². The molecule has 1 saturated carbocycles. The Bertz CT molecular complexity index is 805. The minimum atomic E-state index is -4.46. The van der Waals surface area contributed by atoms with Gasteiger partial charge in [-0.05, 0) is 37.5 Å². The summed E-state index contributed by atoms with van der Waals surface area (Å²) >= 11 is 1.11. The number of halogens is 3. The Morgan fingerprint density at radius 3 is 2.63 bits per heavy atom. The van der Waals surface area contributed by atoms with Crippen molar-refractivity contribution in [3.63, 3.8) is 0 Å². The molecule has 10 heteroatoms. The monoisotopic (exact) mass is 399 g/mol. The SMILES string of the molecule is N#CC1(NC(=O)C2CC(Sc3cccc(C(F)(F)F)c3)CN2C(=O)O)CC1. The predicted molar refractivity (Wildman–Crippen MR) is 89.9 cm³/mol. The van der Waals surface area contributed by atoms with Crippen LogP contribution in [0.4, 0.5) is 18.0 Å². The normalized spacial score (nSPS) is 23.6. The van der Waals surface area contributed by atoms with Crippen LogP contribution in [-0.2, 0) is 11.0 Å². The first kappa shape index (κ1) is 19.4. The van der Waals surface area contributed by atoms with Crippen molar-refractivity contribution in [3.05, 3.63) is 29.8 Å². The van der Waals surface area contributed by atoms with Crippen molar-refractivity contribution in [2.24, 2.45) is 0 Å². The molecule has 2 atom stereocenters. The summed E-state index contributed by atoms with van der Waals surface area (Å²) in [7, 11) is 0. The molecule has 1 saturated heterocycles. The van der Waals surface area contributed by atoms with Crippen molar-refractivity contribution >= 4 is 23.8 Å². The van der Waals surface area contributed by atoms with E-state index in [1.165, 1.54) is 12.1 Å². The number of thioether (sulfide) groups is 1. The highest BCUT2D eigenvalue weighted by Crippen LogP contribution is 2.38. The minimum Gasteiger partial charge on any atom is -0.465 e. The molecule has 2 amide bonds. The Hall–Kier alpha value is -2.41. The maximum absolute atomic E-state index is 12.8. The van der Waals surface area contributed by atoms with Crippen LogP contribution in [0.1, 0.15) is 24.8 Å². The summed E-state index contributed by atoms with van der Waals surface area (Å²) in [5.41, 5.74) is -1.69. The molecule has 0 spiro atoms. The molecule has 1 aromatic carbocycles. The van der Waals surface area contributed by atoms with E-state index in [0.717, 1.165) is 28.8 Å². The zero-order valence-corrected chi connectivity index (χ0v) is 14.8. The summed E-state index contributed by atoms with van der Waals surface area (Å²) in [6.07, 6.45) is -4.52. The van der Waals surface area contributed by atoms with Crippen LogP contribution in [0.15, 0.2) is 29.2 Å². The lowest BCUT2D eigenvalue weighted by Crippen LogP contribution is -2.49. The van der Waals surface area contributed by atoms with Gasteiger partial charge in [0.15, 0.2) is 0 Å². The Morgan fingerprint density at radius 2 is 2.07 bits per heavy atom. The van der Waals surface area contributed by atoms with Gasteiger partial charge in [-0.2, -0.15) is 18.4 Å². The molecule has 1 aliphatic carbocycles. The lowest BCUT2D eigenvalue weighted by molar-refractivity contribution is -0.137. The lowest BCUT2D eigenvalue weighted by atomic mass is 10.2. The molecule has 144 valence electrons. The van der Waals surface area contributed by atoms with E-state index in [9.17, 15) is 27.9 Å². The van der Waals surface area contributed by atoms with Gasteiger partial charge < -0.3 is 10.4 Å². The number of carboxylic acid groups (broad SMARTS) is 1. The highest BCUT2D eigenvalue weighted by atomic mass is 32.2. The molecule has 27 heavy (non-hydrogen) atoms. The first-order chi connectivity index (χ1) is 12.6.